The van der Waals surface area contributed by atoms with Gasteiger partial charge in [-0.25, -0.2) is 0 Å². The van der Waals surface area contributed by atoms with Crippen molar-refractivity contribution in [1.82, 2.24) is 5.32 Å². The van der Waals surface area contributed by atoms with Crippen LogP contribution in [0.3, 0.4) is 0 Å². The molecular formula is C17H22N2O. The topological polar surface area (TPSA) is 55.1 Å². The highest BCUT2D eigenvalue weighted by Crippen LogP contribution is 2.62. The zero-order valence-electron chi connectivity index (χ0n) is 12.6. The summed E-state index contributed by atoms with van der Waals surface area (Å²) in [5.74, 6) is 5.71. The molecule has 106 valence electrons. The van der Waals surface area contributed by atoms with Gasteiger partial charge in [0.2, 0.25) is 0 Å². The Morgan fingerprint density at radius 3 is 2.50 bits per heavy atom. The Hall–Kier alpha value is -1.79. The lowest BCUT2D eigenvalue weighted by molar-refractivity contribution is 0.0943. The fraction of sp³-hybridized carbons (Fsp3) is 0.471. The number of nitrogens with two attached hydrogens (primary N) is 1. The van der Waals surface area contributed by atoms with Crippen LogP contribution in [0.4, 0.5) is 0 Å². The van der Waals surface area contributed by atoms with Gasteiger partial charge in [-0.05, 0) is 29.0 Å². The van der Waals surface area contributed by atoms with E-state index in [1.165, 1.54) is 0 Å². The van der Waals surface area contributed by atoms with Gasteiger partial charge in [-0.15, -0.1) is 0 Å². The Bertz CT molecular complexity index is 576. The van der Waals surface area contributed by atoms with Gasteiger partial charge in [0.05, 0.1) is 6.54 Å². The molecule has 1 aliphatic rings. The van der Waals surface area contributed by atoms with Crippen LogP contribution < -0.4 is 11.1 Å². The van der Waals surface area contributed by atoms with Crippen molar-refractivity contribution in [2.45, 2.75) is 33.7 Å². The van der Waals surface area contributed by atoms with E-state index in [-0.39, 0.29) is 22.8 Å². The van der Waals surface area contributed by atoms with Crippen molar-refractivity contribution in [2.24, 2.45) is 16.6 Å². The molecule has 0 unspecified atom stereocenters. The summed E-state index contributed by atoms with van der Waals surface area (Å²) in [6.07, 6.45) is 0. The van der Waals surface area contributed by atoms with Crippen LogP contribution in [-0.2, 0) is 0 Å². The molecule has 0 atom stereocenters. The number of benzene rings is 1. The largest absolute Gasteiger partial charge is 0.348 e. The molecule has 1 aromatic carbocycles. The van der Waals surface area contributed by atoms with Gasteiger partial charge in [-0.1, -0.05) is 45.6 Å². The molecule has 3 heteroatoms. The summed E-state index contributed by atoms with van der Waals surface area (Å²) >= 11 is 0. The number of rotatable bonds is 2. The zero-order chi connectivity index (χ0) is 15.0. The average molecular weight is 270 g/mol. The van der Waals surface area contributed by atoms with Crippen molar-refractivity contribution in [2.75, 3.05) is 6.54 Å². The molecule has 1 saturated carbocycles. The summed E-state index contributed by atoms with van der Waals surface area (Å²) < 4.78 is 0. The fourth-order valence-electron chi connectivity index (χ4n) is 2.66. The fourth-order valence-corrected chi connectivity index (χ4v) is 2.66. The predicted molar refractivity (Wildman–Crippen MR) is 81.2 cm³/mol. The van der Waals surface area contributed by atoms with Crippen molar-refractivity contribution in [3.8, 4) is 11.8 Å². The van der Waals surface area contributed by atoms with E-state index in [0.717, 1.165) is 5.56 Å². The molecule has 2 rings (SSSR count). The number of hydrogen-bond donors (Lipinski definition) is 2. The van der Waals surface area contributed by atoms with Crippen molar-refractivity contribution in [1.29, 1.82) is 0 Å². The molecule has 1 aromatic rings. The number of carbonyl (C=O) groups is 1. The monoisotopic (exact) mass is 270 g/mol. The van der Waals surface area contributed by atoms with Gasteiger partial charge < -0.3 is 11.1 Å². The lowest BCUT2D eigenvalue weighted by Crippen LogP contribution is -2.29. The minimum atomic E-state index is -0.0370. The minimum Gasteiger partial charge on any atom is -0.348 e. The van der Waals surface area contributed by atoms with Crippen LogP contribution in [0.5, 0.6) is 0 Å². The standard InChI is InChI=1S/C17H22N2O/c1-16(2)15(17(16,3)4)19-14(20)13-9-5-7-12(11-13)8-6-10-18/h5,7,9,11,15H,10,18H2,1-4H3,(H,19,20). The molecule has 0 heterocycles. The van der Waals surface area contributed by atoms with E-state index in [1.54, 1.807) is 6.07 Å². The van der Waals surface area contributed by atoms with Crippen LogP contribution in [0.15, 0.2) is 24.3 Å². The van der Waals surface area contributed by atoms with Crippen LogP contribution in [0.2, 0.25) is 0 Å². The molecule has 1 fully saturated rings. The second kappa shape index (κ2) is 4.96. The SMILES string of the molecule is CC1(C)C(NC(=O)c2cccc(C#CCN)c2)C1(C)C. The molecule has 1 aliphatic carbocycles. The first-order valence-corrected chi connectivity index (χ1v) is 6.90. The Morgan fingerprint density at radius 2 is 1.95 bits per heavy atom. The summed E-state index contributed by atoms with van der Waals surface area (Å²) in [6, 6.07) is 7.55. The highest BCUT2D eigenvalue weighted by atomic mass is 16.1. The maximum atomic E-state index is 12.3. The molecule has 3 N–H and O–H groups in total. The second-order valence-corrected chi connectivity index (χ2v) is 6.44. The number of amides is 1. The van der Waals surface area contributed by atoms with Crippen LogP contribution in [-0.4, -0.2) is 18.5 Å². The first-order valence-electron chi connectivity index (χ1n) is 6.90. The second-order valence-electron chi connectivity index (χ2n) is 6.44. The predicted octanol–water partition coefficient (Wildman–Crippen LogP) is 2.16. The van der Waals surface area contributed by atoms with E-state index in [0.29, 0.717) is 12.1 Å². The van der Waals surface area contributed by atoms with Crippen molar-refractivity contribution in [3.63, 3.8) is 0 Å². The molecule has 0 radical (unpaired) electrons. The van der Waals surface area contributed by atoms with Crippen molar-refractivity contribution < 1.29 is 4.79 Å². The van der Waals surface area contributed by atoms with Crippen molar-refractivity contribution >= 4 is 5.91 Å². The zero-order valence-corrected chi connectivity index (χ0v) is 12.6. The van der Waals surface area contributed by atoms with Gasteiger partial charge in [0.1, 0.15) is 0 Å². The third-order valence-electron chi connectivity index (χ3n) is 4.76. The highest BCUT2D eigenvalue weighted by molar-refractivity contribution is 5.95. The summed E-state index contributed by atoms with van der Waals surface area (Å²) in [7, 11) is 0. The van der Waals surface area contributed by atoms with Gasteiger partial charge in [-0.3, -0.25) is 4.79 Å². The summed E-state index contributed by atoms with van der Waals surface area (Å²) in [6.45, 7) is 9.05. The van der Waals surface area contributed by atoms with E-state index in [1.807, 2.05) is 18.2 Å². The molecule has 20 heavy (non-hydrogen) atoms. The van der Waals surface area contributed by atoms with Crippen molar-refractivity contribution in [3.05, 3.63) is 35.4 Å². The van der Waals surface area contributed by atoms with E-state index in [9.17, 15) is 4.79 Å². The van der Waals surface area contributed by atoms with Crippen LogP contribution in [0.1, 0.15) is 43.6 Å². The summed E-state index contributed by atoms with van der Waals surface area (Å²) in [5.41, 5.74) is 7.09. The molecular weight excluding hydrogens is 248 g/mol. The maximum Gasteiger partial charge on any atom is 0.251 e. The Labute approximate surface area is 120 Å². The van der Waals surface area contributed by atoms with E-state index in [4.69, 9.17) is 5.73 Å². The van der Waals surface area contributed by atoms with Gasteiger partial charge >= 0.3 is 0 Å². The molecule has 0 bridgehead atoms. The van der Waals surface area contributed by atoms with E-state index in [2.05, 4.69) is 44.9 Å². The van der Waals surface area contributed by atoms with Crippen LogP contribution in [0, 0.1) is 22.7 Å². The van der Waals surface area contributed by atoms with E-state index < -0.39 is 0 Å². The molecule has 1 amide bonds. The van der Waals surface area contributed by atoms with Crippen LogP contribution in [0.25, 0.3) is 0 Å². The third kappa shape index (κ3) is 2.44. The molecule has 0 aliphatic heterocycles. The molecule has 3 nitrogen and oxygen atoms in total. The first-order chi connectivity index (χ1) is 9.30. The third-order valence-corrected chi connectivity index (χ3v) is 4.76. The first kappa shape index (κ1) is 14.6. The lowest BCUT2D eigenvalue weighted by Gasteiger charge is -2.07. The van der Waals surface area contributed by atoms with Gasteiger partial charge in [0, 0.05) is 17.2 Å². The Morgan fingerprint density at radius 1 is 1.30 bits per heavy atom. The maximum absolute atomic E-state index is 12.3. The Balaban J connectivity index is 2.11. The highest BCUT2D eigenvalue weighted by Gasteiger charge is 2.65. The summed E-state index contributed by atoms with van der Waals surface area (Å²) in [4.78, 5) is 12.3. The van der Waals surface area contributed by atoms with Gasteiger partial charge in [0.15, 0.2) is 0 Å². The average Bonchev–Trinajstić information content (AvgIpc) is 2.79. The van der Waals surface area contributed by atoms with Gasteiger partial charge in [0.25, 0.3) is 5.91 Å². The number of carbonyl (C=O) groups excluding carboxylic acids is 1. The number of nitrogens with one attached hydrogen (secondary N) is 1. The molecule has 0 saturated heterocycles. The smallest absolute Gasteiger partial charge is 0.251 e. The minimum absolute atomic E-state index is 0.0370. The van der Waals surface area contributed by atoms with Crippen LogP contribution >= 0.6 is 0 Å². The van der Waals surface area contributed by atoms with E-state index >= 15 is 0 Å². The summed E-state index contributed by atoms with van der Waals surface area (Å²) in [5, 5.41) is 3.12. The number of hydrogen-bond acceptors (Lipinski definition) is 2. The lowest BCUT2D eigenvalue weighted by atomic mass is 10.0. The molecule has 0 spiro atoms. The van der Waals surface area contributed by atoms with Gasteiger partial charge in [-0.2, -0.15) is 0 Å². The Kier molecular flexibility index (Phi) is 3.62. The normalized spacial score (nSPS) is 18.9. The molecule has 0 aromatic heterocycles. The quantitative estimate of drug-likeness (QED) is 0.809.